The summed E-state index contributed by atoms with van der Waals surface area (Å²) < 4.78 is 10.8. The summed E-state index contributed by atoms with van der Waals surface area (Å²) in [6.45, 7) is 3.86. The minimum Gasteiger partial charge on any atom is -0.494 e. The fourth-order valence-corrected chi connectivity index (χ4v) is 2.45. The molecule has 0 aliphatic carbocycles. The third-order valence-corrected chi connectivity index (χ3v) is 3.32. The van der Waals surface area contributed by atoms with E-state index in [9.17, 15) is 9.59 Å². The Hall–Kier alpha value is -2.82. The van der Waals surface area contributed by atoms with E-state index in [0.717, 1.165) is 10.8 Å². The molecule has 3 rings (SSSR count). The highest BCUT2D eigenvalue weighted by molar-refractivity contribution is 6.06. The molecule has 0 bridgehead atoms. The number of benzene rings is 2. The summed E-state index contributed by atoms with van der Waals surface area (Å²) in [5.41, 5.74) is 0.608. The topological polar surface area (TPSA) is 68.5 Å². The van der Waals surface area contributed by atoms with Gasteiger partial charge in [0.05, 0.1) is 12.0 Å². The Balaban J connectivity index is 2.23. The molecule has 0 saturated heterocycles. The van der Waals surface area contributed by atoms with Crippen molar-refractivity contribution in [2.45, 2.75) is 13.8 Å². The lowest BCUT2D eigenvalue weighted by Crippen LogP contribution is -2.07. The van der Waals surface area contributed by atoms with Crippen molar-refractivity contribution in [2.24, 2.45) is 0 Å². The van der Waals surface area contributed by atoms with Gasteiger partial charge in [-0.2, -0.15) is 0 Å². The Kier molecular flexibility index (Phi) is 3.55. The normalized spacial score (nSPS) is 10.8. The molecule has 0 fully saturated rings. The van der Waals surface area contributed by atoms with Gasteiger partial charge in [-0.3, -0.25) is 4.79 Å². The fourth-order valence-electron chi connectivity index (χ4n) is 2.45. The zero-order chi connectivity index (χ0) is 15.7. The Morgan fingerprint density at radius 1 is 1.14 bits per heavy atom. The van der Waals surface area contributed by atoms with Crippen LogP contribution in [0.4, 0.5) is 5.69 Å². The van der Waals surface area contributed by atoms with Crippen LogP contribution in [0.3, 0.4) is 0 Å². The molecular formula is C17H15NO4. The van der Waals surface area contributed by atoms with Crippen molar-refractivity contribution in [3.8, 4) is 5.75 Å². The molecule has 1 aromatic heterocycles. The van der Waals surface area contributed by atoms with Gasteiger partial charge in [-0.25, -0.2) is 4.79 Å². The van der Waals surface area contributed by atoms with Gasteiger partial charge in [0.25, 0.3) is 0 Å². The smallest absolute Gasteiger partial charge is 0.344 e. The first-order valence-electron chi connectivity index (χ1n) is 6.99. The molecule has 0 saturated carbocycles. The SMILES string of the molecule is CCOc1ccc2c(c1)oc(=O)c1cc(NC(C)=O)ccc12. The summed E-state index contributed by atoms with van der Waals surface area (Å²) in [6.07, 6.45) is 0. The lowest BCUT2D eigenvalue weighted by Gasteiger charge is -2.07. The highest BCUT2D eigenvalue weighted by Gasteiger charge is 2.09. The molecule has 3 aromatic rings. The third kappa shape index (κ3) is 2.53. The maximum Gasteiger partial charge on any atom is 0.344 e. The van der Waals surface area contributed by atoms with Gasteiger partial charge < -0.3 is 14.5 Å². The van der Waals surface area contributed by atoms with Crippen LogP contribution >= 0.6 is 0 Å². The minimum atomic E-state index is -0.441. The van der Waals surface area contributed by atoms with Crippen molar-refractivity contribution in [3.63, 3.8) is 0 Å². The molecule has 0 aliphatic heterocycles. The quantitative estimate of drug-likeness (QED) is 0.595. The average molecular weight is 297 g/mol. The van der Waals surface area contributed by atoms with Crippen LogP contribution in [-0.4, -0.2) is 12.5 Å². The summed E-state index contributed by atoms with van der Waals surface area (Å²) in [5.74, 6) is 0.471. The van der Waals surface area contributed by atoms with Crippen LogP contribution in [0.1, 0.15) is 13.8 Å². The summed E-state index contributed by atoms with van der Waals surface area (Å²) >= 11 is 0. The predicted octanol–water partition coefficient (Wildman–Crippen LogP) is 3.30. The van der Waals surface area contributed by atoms with Gasteiger partial charge in [0, 0.05) is 29.4 Å². The summed E-state index contributed by atoms with van der Waals surface area (Å²) in [7, 11) is 0. The Bertz CT molecular complexity index is 927. The lowest BCUT2D eigenvalue weighted by molar-refractivity contribution is -0.114. The Morgan fingerprint density at radius 3 is 2.64 bits per heavy atom. The molecule has 0 atom stereocenters. The van der Waals surface area contributed by atoms with Crippen molar-refractivity contribution in [2.75, 3.05) is 11.9 Å². The molecule has 0 spiro atoms. The van der Waals surface area contributed by atoms with Crippen molar-refractivity contribution in [1.82, 2.24) is 0 Å². The highest BCUT2D eigenvalue weighted by atomic mass is 16.5. The third-order valence-electron chi connectivity index (χ3n) is 3.32. The molecule has 5 heteroatoms. The van der Waals surface area contributed by atoms with Crippen LogP contribution in [0.2, 0.25) is 0 Å². The second-order valence-corrected chi connectivity index (χ2v) is 4.92. The van der Waals surface area contributed by atoms with Crippen LogP contribution in [0.15, 0.2) is 45.6 Å². The number of carbonyl (C=O) groups is 1. The van der Waals surface area contributed by atoms with Crippen LogP contribution in [0.25, 0.3) is 21.7 Å². The number of nitrogens with one attached hydrogen (secondary N) is 1. The van der Waals surface area contributed by atoms with E-state index in [4.69, 9.17) is 9.15 Å². The first-order valence-corrected chi connectivity index (χ1v) is 6.99. The molecule has 2 aromatic carbocycles. The molecule has 5 nitrogen and oxygen atoms in total. The van der Waals surface area contributed by atoms with E-state index in [1.165, 1.54) is 6.92 Å². The molecule has 22 heavy (non-hydrogen) atoms. The van der Waals surface area contributed by atoms with E-state index in [0.29, 0.717) is 29.0 Å². The fraction of sp³-hybridized carbons (Fsp3) is 0.176. The van der Waals surface area contributed by atoms with Crippen LogP contribution in [-0.2, 0) is 4.79 Å². The van der Waals surface area contributed by atoms with E-state index < -0.39 is 5.63 Å². The number of rotatable bonds is 3. The first kappa shape index (κ1) is 14.1. The molecule has 112 valence electrons. The second kappa shape index (κ2) is 5.52. The summed E-state index contributed by atoms with van der Waals surface area (Å²) in [4.78, 5) is 23.3. The monoisotopic (exact) mass is 297 g/mol. The number of amides is 1. The van der Waals surface area contributed by atoms with Crippen molar-refractivity contribution in [1.29, 1.82) is 0 Å². The molecule has 0 aliphatic rings. The van der Waals surface area contributed by atoms with Gasteiger partial charge in [0.1, 0.15) is 11.3 Å². The molecule has 1 amide bonds. The standard InChI is InChI=1S/C17H15NO4/c1-3-21-12-5-7-14-13-6-4-11(18-10(2)19)8-15(13)17(20)22-16(14)9-12/h4-9H,3H2,1-2H3,(H,18,19). The van der Waals surface area contributed by atoms with Gasteiger partial charge in [-0.05, 0) is 31.2 Å². The molecule has 0 unspecified atom stereocenters. The Labute approximate surface area is 126 Å². The van der Waals surface area contributed by atoms with Crippen molar-refractivity contribution in [3.05, 3.63) is 46.8 Å². The van der Waals surface area contributed by atoms with E-state index >= 15 is 0 Å². The van der Waals surface area contributed by atoms with Gasteiger partial charge in [-0.1, -0.05) is 6.07 Å². The number of hydrogen-bond acceptors (Lipinski definition) is 4. The summed E-state index contributed by atoms with van der Waals surface area (Å²) in [6, 6.07) is 10.6. The van der Waals surface area contributed by atoms with E-state index in [1.807, 2.05) is 19.1 Å². The minimum absolute atomic E-state index is 0.189. The number of carbonyl (C=O) groups excluding carboxylic acids is 1. The van der Waals surface area contributed by atoms with Crippen LogP contribution in [0, 0.1) is 0 Å². The number of hydrogen-bond donors (Lipinski definition) is 1. The maximum absolute atomic E-state index is 12.2. The van der Waals surface area contributed by atoms with Crippen molar-refractivity contribution >= 4 is 33.3 Å². The number of ether oxygens (including phenoxy) is 1. The van der Waals surface area contributed by atoms with Gasteiger partial charge in [0.15, 0.2) is 0 Å². The summed E-state index contributed by atoms with van der Waals surface area (Å²) in [5, 5.41) is 4.70. The molecule has 0 radical (unpaired) electrons. The maximum atomic E-state index is 12.2. The van der Waals surface area contributed by atoms with Gasteiger partial charge in [0.2, 0.25) is 5.91 Å². The van der Waals surface area contributed by atoms with E-state index in [2.05, 4.69) is 5.32 Å². The zero-order valence-electron chi connectivity index (χ0n) is 12.3. The van der Waals surface area contributed by atoms with Gasteiger partial charge >= 0.3 is 5.63 Å². The average Bonchev–Trinajstić information content (AvgIpc) is 2.47. The second-order valence-electron chi connectivity index (χ2n) is 4.92. The largest absolute Gasteiger partial charge is 0.494 e. The molecule has 1 heterocycles. The Morgan fingerprint density at radius 2 is 1.91 bits per heavy atom. The predicted molar refractivity (Wildman–Crippen MR) is 85.5 cm³/mol. The molecular weight excluding hydrogens is 282 g/mol. The number of fused-ring (bicyclic) bond motifs is 3. The number of anilines is 1. The van der Waals surface area contributed by atoms with Crippen LogP contribution < -0.4 is 15.7 Å². The van der Waals surface area contributed by atoms with Crippen molar-refractivity contribution < 1.29 is 13.9 Å². The zero-order valence-corrected chi connectivity index (χ0v) is 12.3. The molecule has 1 N–H and O–H groups in total. The highest BCUT2D eigenvalue weighted by Crippen LogP contribution is 2.27. The van der Waals surface area contributed by atoms with Gasteiger partial charge in [-0.15, -0.1) is 0 Å². The lowest BCUT2D eigenvalue weighted by atomic mass is 10.1. The van der Waals surface area contributed by atoms with E-state index in [1.54, 1.807) is 24.3 Å². The van der Waals surface area contributed by atoms with Crippen LogP contribution in [0.5, 0.6) is 5.75 Å². The van der Waals surface area contributed by atoms with E-state index in [-0.39, 0.29) is 5.91 Å². The first-order chi connectivity index (χ1) is 10.6.